The van der Waals surface area contributed by atoms with Gasteiger partial charge in [0.25, 0.3) is 0 Å². The second-order valence-electron chi connectivity index (χ2n) is 6.51. The van der Waals surface area contributed by atoms with Crippen molar-refractivity contribution in [2.45, 2.75) is 25.0 Å². The highest BCUT2D eigenvalue weighted by molar-refractivity contribution is 8.00. The van der Waals surface area contributed by atoms with Crippen molar-refractivity contribution in [3.63, 3.8) is 0 Å². The van der Waals surface area contributed by atoms with Gasteiger partial charge in [-0.2, -0.15) is 23.3 Å². The molecule has 0 spiro atoms. The topological polar surface area (TPSA) is 89.3 Å². The Bertz CT molecular complexity index is 1230. The molecule has 3 aromatic heterocycles. The van der Waals surface area contributed by atoms with Gasteiger partial charge in [-0.15, -0.1) is 0 Å². The highest BCUT2D eigenvalue weighted by atomic mass is 32.2. The molecule has 1 N–H and O–H groups in total. The van der Waals surface area contributed by atoms with Gasteiger partial charge in [-0.05, 0) is 26.0 Å². The van der Waals surface area contributed by atoms with Crippen LogP contribution in [0.3, 0.4) is 0 Å². The number of nitrogens with one attached hydrogen (secondary N) is 1. The van der Waals surface area contributed by atoms with Crippen molar-refractivity contribution in [1.29, 1.82) is 0 Å². The number of carbonyl (C=O) groups excluding carboxylic acids is 1. The molecule has 0 aliphatic carbocycles. The zero-order valence-corrected chi connectivity index (χ0v) is 16.7. The number of benzene rings is 1. The van der Waals surface area contributed by atoms with Gasteiger partial charge in [0.2, 0.25) is 11.8 Å². The number of halogens is 3. The van der Waals surface area contributed by atoms with Crippen molar-refractivity contribution in [2.24, 2.45) is 0 Å². The molecule has 11 heteroatoms. The summed E-state index contributed by atoms with van der Waals surface area (Å²) in [4.78, 5) is 24.2. The van der Waals surface area contributed by atoms with Gasteiger partial charge >= 0.3 is 6.18 Å². The van der Waals surface area contributed by atoms with Gasteiger partial charge in [-0.1, -0.05) is 30.0 Å². The fraction of sp³-hybridized carbons (Fsp3) is 0.211. The molecule has 0 unspecified atom stereocenters. The number of rotatable bonds is 5. The number of thioether (sulfide) groups is 1. The van der Waals surface area contributed by atoms with Gasteiger partial charge < -0.3 is 0 Å². The van der Waals surface area contributed by atoms with Gasteiger partial charge in [0.1, 0.15) is 11.4 Å². The molecule has 30 heavy (non-hydrogen) atoms. The van der Waals surface area contributed by atoms with Crippen LogP contribution < -0.4 is 0 Å². The zero-order chi connectivity index (χ0) is 21.5. The normalized spacial score (nSPS) is 11.9. The number of hydrogen-bond donors (Lipinski definition) is 1. The molecule has 3 heterocycles. The number of aryl methyl sites for hydroxylation is 1. The van der Waals surface area contributed by atoms with Crippen molar-refractivity contribution in [2.75, 3.05) is 5.75 Å². The van der Waals surface area contributed by atoms with Crippen LogP contribution in [0.4, 0.5) is 13.2 Å². The number of carbonyl (C=O) groups is 1. The monoisotopic (exact) mass is 432 g/mol. The molecule has 0 saturated carbocycles. The molecule has 0 aliphatic heterocycles. The first-order valence-corrected chi connectivity index (χ1v) is 9.79. The van der Waals surface area contributed by atoms with Crippen molar-refractivity contribution >= 4 is 28.4 Å². The second-order valence-corrected chi connectivity index (χ2v) is 7.47. The van der Waals surface area contributed by atoms with Crippen LogP contribution in [0.15, 0.2) is 41.7 Å². The molecular formula is C19H15F3N6OS. The van der Waals surface area contributed by atoms with Crippen LogP contribution in [0, 0.1) is 13.8 Å². The highest BCUT2D eigenvalue weighted by Gasteiger charge is 2.35. The standard InChI is InChI=1S/C19H15F3N6OS/c1-10-7-13(11(2)28(10)18-23-9-24-27-18)15(29)8-30-16-12-5-3-4-6-14(12)25-17(26-16)19(20,21)22/h3-7,9H,8H2,1-2H3,(H,23,24,27). The Hall–Kier alpha value is -3.21. The van der Waals surface area contributed by atoms with E-state index < -0.39 is 12.0 Å². The number of fused-ring (bicyclic) bond motifs is 1. The first-order chi connectivity index (χ1) is 14.3. The number of para-hydroxylation sites is 1. The Kier molecular flexibility index (Phi) is 5.06. The average Bonchev–Trinajstić information content (AvgIpc) is 3.32. The number of Topliss-reactive ketones (excluding diaryl/α,β-unsaturated/α-hetero) is 1. The van der Waals surface area contributed by atoms with E-state index in [1.165, 1.54) is 12.4 Å². The Labute approximate surface area is 172 Å². The summed E-state index contributed by atoms with van der Waals surface area (Å²) in [5.74, 6) is -1.04. The number of aromatic nitrogens is 6. The van der Waals surface area contributed by atoms with Crippen LogP contribution in [-0.2, 0) is 6.18 Å². The van der Waals surface area contributed by atoms with Crippen molar-refractivity contribution in [3.05, 3.63) is 59.4 Å². The van der Waals surface area contributed by atoms with Crippen molar-refractivity contribution in [3.8, 4) is 5.95 Å². The minimum absolute atomic E-state index is 0.0704. The number of hydrogen-bond acceptors (Lipinski definition) is 6. The first kappa shape index (κ1) is 20.1. The van der Waals surface area contributed by atoms with Crippen LogP contribution in [0.25, 0.3) is 16.9 Å². The number of aromatic amines is 1. The molecule has 0 fully saturated rings. The van der Waals surface area contributed by atoms with E-state index in [2.05, 4.69) is 25.1 Å². The Morgan fingerprint density at radius 1 is 1.20 bits per heavy atom. The van der Waals surface area contributed by atoms with E-state index in [0.717, 1.165) is 17.5 Å². The molecule has 7 nitrogen and oxygen atoms in total. The maximum atomic E-state index is 13.2. The molecule has 4 aromatic rings. The third kappa shape index (κ3) is 3.67. The molecule has 0 atom stereocenters. The van der Waals surface area contributed by atoms with Gasteiger partial charge in [-0.3, -0.25) is 9.36 Å². The number of alkyl halides is 3. The number of ketones is 1. The quantitative estimate of drug-likeness (QED) is 0.290. The number of H-pyrrole nitrogens is 1. The number of nitrogens with zero attached hydrogens (tertiary/aromatic N) is 5. The lowest BCUT2D eigenvalue weighted by atomic mass is 10.2. The average molecular weight is 432 g/mol. The molecule has 1 aromatic carbocycles. The minimum Gasteiger partial charge on any atom is -0.293 e. The predicted octanol–water partition coefficient (Wildman–Crippen LogP) is 4.15. The van der Waals surface area contributed by atoms with E-state index in [1.54, 1.807) is 35.8 Å². The summed E-state index contributed by atoms with van der Waals surface area (Å²) in [6.07, 6.45) is -3.31. The van der Waals surface area contributed by atoms with Crippen LogP contribution >= 0.6 is 11.8 Å². The summed E-state index contributed by atoms with van der Waals surface area (Å²) in [6, 6.07) is 8.14. The van der Waals surface area contributed by atoms with E-state index in [4.69, 9.17) is 0 Å². The smallest absolute Gasteiger partial charge is 0.293 e. The Morgan fingerprint density at radius 2 is 1.97 bits per heavy atom. The van der Waals surface area contributed by atoms with E-state index in [0.29, 0.717) is 22.6 Å². The van der Waals surface area contributed by atoms with Crippen LogP contribution in [0.1, 0.15) is 27.6 Å². The lowest BCUT2D eigenvalue weighted by molar-refractivity contribution is -0.145. The van der Waals surface area contributed by atoms with Gasteiger partial charge in [0.05, 0.1) is 11.3 Å². The van der Waals surface area contributed by atoms with Crippen LogP contribution in [0.2, 0.25) is 0 Å². The summed E-state index contributed by atoms with van der Waals surface area (Å²) in [7, 11) is 0. The molecule has 0 radical (unpaired) electrons. The lowest BCUT2D eigenvalue weighted by Gasteiger charge is -2.10. The third-order valence-corrected chi connectivity index (χ3v) is 5.50. The Morgan fingerprint density at radius 3 is 2.67 bits per heavy atom. The third-order valence-electron chi connectivity index (χ3n) is 4.51. The molecule has 0 saturated heterocycles. The van der Waals surface area contributed by atoms with Gasteiger partial charge in [0, 0.05) is 22.3 Å². The van der Waals surface area contributed by atoms with Gasteiger partial charge in [0.15, 0.2) is 5.78 Å². The van der Waals surface area contributed by atoms with Crippen molar-refractivity contribution < 1.29 is 18.0 Å². The summed E-state index contributed by atoms with van der Waals surface area (Å²) in [5, 5.41) is 7.15. The molecule has 0 bridgehead atoms. The van der Waals surface area contributed by atoms with E-state index in [1.807, 2.05) is 6.92 Å². The summed E-state index contributed by atoms with van der Waals surface area (Å²) in [5.41, 5.74) is 2.09. The van der Waals surface area contributed by atoms with E-state index >= 15 is 0 Å². The summed E-state index contributed by atoms with van der Waals surface area (Å²) >= 11 is 0.959. The largest absolute Gasteiger partial charge is 0.451 e. The SMILES string of the molecule is Cc1cc(C(=O)CSc2nc(C(F)(F)F)nc3ccccc23)c(C)n1-c1ncn[nH]1. The maximum Gasteiger partial charge on any atom is 0.451 e. The molecule has 0 aliphatic rings. The van der Waals surface area contributed by atoms with Crippen LogP contribution in [-0.4, -0.2) is 41.3 Å². The van der Waals surface area contributed by atoms with E-state index in [9.17, 15) is 18.0 Å². The molecule has 4 rings (SSSR count). The molecule has 154 valence electrons. The fourth-order valence-electron chi connectivity index (χ4n) is 3.17. The van der Waals surface area contributed by atoms with Gasteiger partial charge in [-0.25, -0.2) is 15.1 Å². The van der Waals surface area contributed by atoms with Crippen molar-refractivity contribution in [1.82, 2.24) is 29.7 Å². The zero-order valence-electron chi connectivity index (χ0n) is 15.9. The fourth-order valence-corrected chi connectivity index (χ4v) is 4.08. The van der Waals surface area contributed by atoms with E-state index in [-0.39, 0.29) is 22.1 Å². The molecule has 0 amide bonds. The minimum atomic E-state index is -4.68. The first-order valence-electron chi connectivity index (χ1n) is 8.80. The van der Waals surface area contributed by atoms with Crippen LogP contribution in [0.5, 0.6) is 0 Å². The maximum absolute atomic E-state index is 13.2. The second kappa shape index (κ2) is 7.56. The summed E-state index contributed by atoms with van der Waals surface area (Å²) in [6.45, 7) is 3.60. The Balaban J connectivity index is 1.64. The lowest BCUT2D eigenvalue weighted by Crippen LogP contribution is -2.12. The summed E-state index contributed by atoms with van der Waals surface area (Å²) < 4.78 is 41.3. The highest BCUT2D eigenvalue weighted by Crippen LogP contribution is 2.32. The predicted molar refractivity (Wildman–Crippen MR) is 105 cm³/mol. The molecular weight excluding hydrogens is 417 g/mol.